The number of nitrogens with zero attached hydrogens (tertiary/aromatic N) is 2. The number of hydrogen-bond donors (Lipinski definition) is 0. The summed E-state index contributed by atoms with van der Waals surface area (Å²) in [5, 5.41) is 0. The van der Waals surface area contributed by atoms with Gasteiger partial charge in [-0.05, 0) is 30.2 Å². The molecule has 0 atom stereocenters. The molecular formula is C18H16N2O. The molecule has 0 aliphatic carbocycles. The first-order valence-electron chi connectivity index (χ1n) is 7.16. The summed E-state index contributed by atoms with van der Waals surface area (Å²) in [5.41, 5.74) is 4.73. The molecule has 0 saturated heterocycles. The Hall–Kier alpha value is -2.55. The second kappa shape index (κ2) is 4.77. The first kappa shape index (κ1) is 12.2. The molecule has 21 heavy (non-hydrogen) atoms. The lowest BCUT2D eigenvalue weighted by Gasteiger charge is -2.17. The lowest BCUT2D eigenvalue weighted by molar-refractivity contribution is 0.415. The van der Waals surface area contributed by atoms with Crippen LogP contribution in [0.4, 0.5) is 0 Å². The predicted molar refractivity (Wildman–Crippen MR) is 83.0 cm³/mol. The van der Waals surface area contributed by atoms with Crippen LogP contribution in [0.1, 0.15) is 11.4 Å². The van der Waals surface area contributed by atoms with Gasteiger partial charge in [0.15, 0.2) is 0 Å². The van der Waals surface area contributed by atoms with E-state index in [0.717, 1.165) is 35.7 Å². The SMILES string of the molecule is COc1cccc(-c2cn3c(n2)CCc2ccccc2-3)c1. The number of rotatable bonds is 2. The molecule has 3 heteroatoms. The Morgan fingerprint density at radius 1 is 1.05 bits per heavy atom. The number of para-hydroxylation sites is 1. The summed E-state index contributed by atoms with van der Waals surface area (Å²) in [6, 6.07) is 16.6. The fourth-order valence-electron chi connectivity index (χ4n) is 2.93. The number of hydrogen-bond acceptors (Lipinski definition) is 2. The largest absolute Gasteiger partial charge is 0.497 e. The monoisotopic (exact) mass is 276 g/mol. The average Bonchev–Trinajstić information content (AvgIpc) is 2.99. The maximum Gasteiger partial charge on any atom is 0.119 e. The van der Waals surface area contributed by atoms with Crippen molar-refractivity contribution in [1.29, 1.82) is 0 Å². The van der Waals surface area contributed by atoms with Crippen LogP contribution < -0.4 is 4.74 Å². The van der Waals surface area contributed by atoms with Gasteiger partial charge >= 0.3 is 0 Å². The van der Waals surface area contributed by atoms with Gasteiger partial charge in [0.25, 0.3) is 0 Å². The van der Waals surface area contributed by atoms with Gasteiger partial charge in [-0.3, -0.25) is 0 Å². The highest BCUT2D eigenvalue weighted by Crippen LogP contribution is 2.29. The van der Waals surface area contributed by atoms with E-state index in [1.165, 1.54) is 11.3 Å². The Kier molecular flexibility index (Phi) is 2.78. The molecule has 0 bridgehead atoms. The molecule has 1 aliphatic rings. The van der Waals surface area contributed by atoms with Crippen molar-refractivity contribution in [2.24, 2.45) is 0 Å². The van der Waals surface area contributed by atoms with Gasteiger partial charge in [0.2, 0.25) is 0 Å². The van der Waals surface area contributed by atoms with Crippen LogP contribution in [-0.4, -0.2) is 16.7 Å². The molecule has 2 aromatic carbocycles. The number of benzene rings is 2. The van der Waals surface area contributed by atoms with Gasteiger partial charge in [0, 0.05) is 23.9 Å². The Balaban J connectivity index is 1.83. The van der Waals surface area contributed by atoms with Gasteiger partial charge in [-0.2, -0.15) is 0 Å². The molecule has 3 nitrogen and oxygen atoms in total. The first-order valence-corrected chi connectivity index (χ1v) is 7.16. The third-order valence-corrected chi connectivity index (χ3v) is 4.01. The predicted octanol–water partition coefficient (Wildman–Crippen LogP) is 3.65. The molecule has 4 rings (SSSR count). The van der Waals surface area contributed by atoms with E-state index in [1.807, 2.05) is 18.2 Å². The van der Waals surface area contributed by atoms with Crippen LogP contribution in [0.15, 0.2) is 54.7 Å². The van der Waals surface area contributed by atoms with Gasteiger partial charge in [0.05, 0.1) is 12.8 Å². The third-order valence-electron chi connectivity index (χ3n) is 4.01. The number of ether oxygens (including phenoxy) is 1. The van der Waals surface area contributed by atoms with Gasteiger partial charge in [-0.15, -0.1) is 0 Å². The normalized spacial score (nSPS) is 12.6. The molecule has 1 aliphatic heterocycles. The molecule has 1 aromatic heterocycles. The van der Waals surface area contributed by atoms with Crippen molar-refractivity contribution >= 4 is 0 Å². The van der Waals surface area contributed by atoms with Gasteiger partial charge in [0.1, 0.15) is 11.6 Å². The van der Waals surface area contributed by atoms with Crippen molar-refractivity contribution in [1.82, 2.24) is 9.55 Å². The van der Waals surface area contributed by atoms with E-state index in [1.54, 1.807) is 7.11 Å². The zero-order valence-electron chi connectivity index (χ0n) is 11.9. The Morgan fingerprint density at radius 3 is 2.86 bits per heavy atom. The van der Waals surface area contributed by atoms with Crippen molar-refractivity contribution < 1.29 is 4.74 Å². The number of imidazole rings is 1. The van der Waals surface area contributed by atoms with E-state index < -0.39 is 0 Å². The second-order valence-corrected chi connectivity index (χ2v) is 5.27. The summed E-state index contributed by atoms with van der Waals surface area (Å²) in [5.74, 6) is 1.99. The second-order valence-electron chi connectivity index (χ2n) is 5.27. The van der Waals surface area contributed by atoms with Crippen molar-refractivity contribution in [3.63, 3.8) is 0 Å². The van der Waals surface area contributed by atoms with Crippen molar-refractivity contribution in [3.05, 3.63) is 66.1 Å². The standard InChI is InChI=1S/C18H16N2O/c1-21-15-7-4-6-14(11-15)16-12-20-17-8-3-2-5-13(17)9-10-18(20)19-16/h2-8,11-12H,9-10H2,1H3. The summed E-state index contributed by atoms with van der Waals surface area (Å²) in [6.07, 6.45) is 4.17. The van der Waals surface area contributed by atoms with Crippen LogP contribution in [0.2, 0.25) is 0 Å². The lowest BCUT2D eigenvalue weighted by atomic mass is 10.0. The van der Waals surface area contributed by atoms with Crippen LogP contribution in [0.5, 0.6) is 5.75 Å². The topological polar surface area (TPSA) is 27.1 Å². The van der Waals surface area contributed by atoms with Crippen molar-refractivity contribution in [2.75, 3.05) is 7.11 Å². The average molecular weight is 276 g/mol. The highest BCUT2D eigenvalue weighted by molar-refractivity contribution is 5.62. The van der Waals surface area contributed by atoms with Gasteiger partial charge in [-0.1, -0.05) is 30.3 Å². The highest BCUT2D eigenvalue weighted by atomic mass is 16.5. The van der Waals surface area contributed by atoms with Crippen LogP contribution in [0, 0.1) is 0 Å². The van der Waals surface area contributed by atoms with E-state index in [-0.39, 0.29) is 0 Å². The minimum atomic E-state index is 0.860. The molecule has 0 spiro atoms. The number of aromatic nitrogens is 2. The molecule has 2 heterocycles. The molecule has 0 amide bonds. The molecular weight excluding hydrogens is 260 g/mol. The fraction of sp³-hybridized carbons (Fsp3) is 0.167. The minimum Gasteiger partial charge on any atom is -0.497 e. The molecule has 0 saturated carbocycles. The fourth-order valence-corrected chi connectivity index (χ4v) is 2.93. The Bertz CT molecular complexity index is 804. The number of aryl methyl sites for hydroxylation is 2. The van der Waals surface area contributed by atoms with Crippen LogP contribution in [-0.2, 0) is 12.8 Å². The lowest BCUT2D eigenvalue weighted by Crippen LogP contribution is -2.11. The van der Waals surface area contributed by atoms with Crippen molar-refractivity contribution in [2.45, 2.75) is 12.8 Å². The Morgan fingerprint density at radius 2 is 1.95 bits per heavy atom. The molecule has 0 fully saturated rings. The number of methoxy groups -OCH3 is 1. The van der Waals surface area contributed by atoms with Crippen LogP contribution >= 0.6 is 0 Å². The van der Waals surface area contributed by atoms with E-state index in [0.29, 0.717) is 0 Å². The number of fused-ring (bicyclic) bond motifs is 3. The zero-order valence-corrected chi connectivity index (χ0v) is 11.9. The van der Waals surface area contributed by atoms with Crippen LogP contribution in [0.25, 0.3) is 16.9 Å². The van der Waals surface area contributed by atoms with E-state index >= 15 is 0 Å². The quantitative estimate of drug-likeness (QED) is 0.714. The summed E-state index contributed by atoms with van der Waals surface area (Å²) in [6.45, 7) is 0. The molecule has 0 radical (unpaired) electrons. The Labute approximate surface area is 123 Å². The zero-order chi connectivity index (χ0) is 14.2. The third kappa shape index (κ3) is 2.02. The summed E-state index contributed by atoms with van der Waals surface area (Å²) in [4.78, 5) is 4.80. The van der Waals surface area contributed by atoms with E-state index in [4.69, 9.17) is 9.72 Å². The molecule has 3 aromatic rings. The van der Waals surface area contributed by atoms with Gasteiger partial charge < -0.3 is 9.30 Å². The molecule has 0 N–H and O–H groups in total. The summed E-state index contributed by atoms with van der Waals surface area (Å²) >= 11 is 0. The molecule has 104 valence electrons. The van der Waals surface area contributed by atoms with Crippen molar-refractivity contribution in [3.8, 4) is 22.7 Å². The van der Waals surface area contributed by atoms with E-state index in [2.05, 4.69) is 41.1 Å². The first-order chi connectivity index (χ1) is 10.3. The van der Waals surface area contributed by atoms with Gasteiger partial charge in [-0.25, -0.2) is 4.98 Å². The highest BCUT2D eigenvalue weighted by Gasteiger charge is 2.18. The maximum atomic E-state index is 5.30. The molecule has 0 unspecified atom stereocenters. The summed E-state index contributed by atoms with van der Waals surface area (Å²) < 4.78 is 7.52. The minimum absolute atomic E-state index is 0.860. The summed E-state index contributed by atoms with van der Waals surface area (Å²) in [7, 11) is 1.69. The smallest absolute Gasteiger partial charge is 0.119 e. The van der Waals surface area contributed by atoms with Crippen LogP contribution in [0.3, 0.4) is 0 Å². The van der Waals surface area contributed by atoms with E-state index in [9.17, 15) is 0 Å². The maximum absolute atomic E-state index is 5.30.